The zero-order chi connectivity index (χ0) is 15.0. The zero-order valence-corrected chi connectivity index (χ0v) is 12.4. The lowest BCUT2D eigenvalue weighted by molar-refractivity contribution is 0.222. The van der Waals surface area contributed by atoms with E-state index in [0.29, 0.717) is 16.1 Å². The number of rotatable bonds is 2. The minimum Gasteiger partial charge on any atom is -0.384 e. The van der Waals surface area contributed by atoms with Crippen molar-refractivity contribution in [2.75, 3.05) is 0 Å². The summed E-state index contributed by atoms with van der Waals surface area (Å²) in [6.07, 6.45) is -0.898. The lowest BCUT2D eigenvalue weighted by atomic mass is 9.96. The van der Waals surface area contributed by atoms with E-state index in [0.717, 1.165) is 10.8 Å². The fourth-order valence-electron chi connectivity index (χ4n) is 2.39. The Morgan fingerprint density at radius 2 is 1.57 bits per heavy atom. The van der Waals surface area contributed by atoms with E-state index < -0.39 is 11.9 Å². The Labute approximate surface area is 131 Å². The van der Waals surface area contributed by atoms with Crippen LogP contribution in [-0.2, 0) is 0 Å². The smallest absolute Gasteiger partial charge is 0.141 e. The summed E-state index contributed by atoms with van der Waals surface area (Å²) in [4.78, 5) is 0. The second-order valence-corrected chi connectivity index (χ2v) is 5.57. The first-order chi connectivity index (χ1) is 10.1. The highest BCUT2D eigenvalue weighted by Crippen LogP contribution is 2.33. The highest BCUT2D eigenvalue weighted by Gasteiger charge is 2.16. The van der Waals surface area contributed by atoms with Gasteiger partial charge in [0.25, 0.3) is 0 Å². The van der Waals surface area contributed by atoms with Crippen molar-refractivity contribution < 1.29 is 9.50 Å². The van der Waals surface area contributed by atoms with Crippen LogP contribution in [0.5, 0.6) is 0 Å². The Balaban J connectivity index is 2.15. The van der Waals surface area contributed by atoms with Crippen LogP contribution in [0.25, 0.3) is 10.8 Å². The molecule has 0 bridgehead atoms. The van der Waals surface area contributed by atoms with Crippen LogP contribution in [0.2, 0.25) is 10.0 Å². The molecule has 0 aliphatic rings. The molecular weight excluding hydrogens is 310 g/mol. The molecule has 0 aromatic heterocycles. The zero-order valence-electron chi connectivity index (χ0n) is 10.9. The molecule has 3 aromatic rings. The van der Waals surface area contributed by atoms with Gasteiger partial charge in [-0.1, -0.05) is 59.6 Å². The van der Waals surface area contributed by atoms with Gasteiger partial charge in [-0.05, 0) is 34.7 Å². The average Bonchev–Trinajstić information content (AvgIpc) is 2.50. The summed E-state index contributed by atoms with van der Waals surface area (Å²) in [5.41, 5.74) is 1.24. The van der Waals surface area contributed by atoms with Crippen molar-refractivity contribution in [3.05, 3.63) is 81.6 Å². The second kappa shape index (κ2) is 5.64. The molecule has 1 N–H and O–H groups in total. The molecule has 1 atom stereocenters. The molecule has 3 rings (SSSR count). The van der Waals surface area contributed by atoms with Gasteiger partial charge in [-0.3, -0.25) is 0 Å². The average molecular weight is 321 g/mol. The Kier molecular flexibility index (Phi) is 3.85. The van der Waals surface area contributed by atoms with Gasteiger partial charge in [-0.2, -0.15) is 0 Å². The Hall–Kier alpha value is -1.61. The van der Waals surface area contributed by atoms with E-state index in [4.69, 9.17) is 23.2 Å². The van der Waals surface area contributed by atoms with Gasteiger partial charge >= 0.3 is 0 Å². The van der Waals surface area contributed by atoms with E-state index in [-0.39, 0.29) is 5.02 Å². The van der Waals surface area contributed by atoms with Crippen LogP contribution in [-0.4, -0.2) is 5.11 Å². The fourth-order valence-corrected chi connectivity index (χ4v) is 2.80. The Morgan fingerprint density at radius 1 is 0.857 bits per heavy atom. The molecule has 0 aliphatic carbocycles. The monoisotopic (exact) mass is 320 g/mol. The summed E-state index contributed by atoms with van der Waals surface area (Å²) in [6.45, 7) is 0. The van der Waals surface area contributed by atoms with Gasteiger partial charge in [0.15, 0.2) is 0 Å². The third-order valence-electron chi connectivity index (χ3n) is 3.46. The standard InChI is InChI=1S/C17H11Cl2FO/c18-14-7-6-13(11-3-1-2-4-12(11)14)17(21)10-5-8-16(20)15(19)9-10/h1-9,17,21H. The van der Waals surface area contributed by atoms with Crippen molar-refractivity contribution in [1.82, 2.24) is 0 Å². The number of aliphatic hydroxyl groups is 1. The molecule has 0 amide bonds. The topological polar surface area (TPSA) is 20.2 Å². The molecule has 106 valence electrons. The van der Waals surface area contributed by atoms with E-state index >= 15 is 0 Å². The molecule has 3 aromatic carbocycles. The summed E-state index contributed by atoms with van der Waals surface area (Å²) in [5, 5.41) is 12.9. The molecule has 0 radical (unpaired) electrons. The first-order valence-corrected chi connectivity index (χ1v) is 7.13. The molecule has 0 saturated heterocycles. The summed E-state index contributed by atoms with van der Waals surface area (Å²) in [6, 6.07) is 15.3. The van der Waals surface area contributed by atoms with Crippen LogP contribution >= 0.6 is 23.2 Å². The summed E-state index contributed by atoms with van der Waals surface area (Å²) in [7, 11) is 0. The van der Waals surface area contributed by atoms with E-state index in [1.807, 2.05) is 24.3 Å². The molecule has 4 heteroatoms. The van der Waals surface area contributed by atoms with Crippen molar-refractivity contribution in [3.8, 4) is 0 Å². The summed E-state index contributed by atoms with van der Waals surface area (Å²) >= 11 is 12.0. The number of benzene rings is 3. The molecule has 0 heterocycles. The van der Waals surface area contributed by atoms with Gasteiger partial charge < -0.3 is 5.11 Å². The maximum atomic E-state index is 13.2. The number of halogens is 3. The molecular formula is C17H11Cl2FO. The molecule has 0 saturated carbocycles. The molecule has 1 nitrogen and oxygen atoms in total. The van der Waals surface area contributed by atoms with Gasteiger partial charge in [-0.25, -0.2) is 4.39 Å². The van der Waals surface area contributed by atoms with Crippen LogP contribution in [0, 0.1) is 5.82 Å². The third-order valence-corrected chi connectivity index (χ3v) is 4.08. The Morgan fingerprint density at radius 3 is 2.29 bits per heavy atom. The molecule has 21 heavy (non-hydrogen) atoms. The van der Waals surface area contributed by atoms with Crippen LogP contribution in [0.4, 0.5) is 4.39 Å². The highest BCUT2D eigenvalue weighted by atomic mass is 35.5. The van der Waals surface area contributed by atoms with Crippen LogP contribution in [0.15, 0.2) is 54.6 Å². The minimum absolute atomic E-state index is 0.00943. The lowest BCUT2D eigenvalue weighted by Gasteiger charge is -2.15. The van der Waals surface area contributed by atoms with E-state index in [1.54, 1.807) is 12.1 Å². The first kappa shape index (κ1) is 14.3. The lowest BCUT2D eigenvalue weighted by Crippen LogP contribution is -2.01. The number of hydrogen-bond acceptors (Lipinski definition) is 1. The summed E-state index contributed by atoms with van der Waals surface area (Å²) in [5.74, 6) is -0.506. The number of fused-ring (bicyclic) bond motifs is 1. The molecule has 0 aliphatic heterocycles. The SMILES string of the molecule is OC(c1ccc(F)c(Cl)c1)c1ccc(Cl)c2ccccc12. The van der Waals surface area contributed by atoms with Crippen LogP contribution in [0.1, 0.15) is 17.2 Å². The third kappa shape index (κ3) is 2.62. The largest absolute Gasteiger partial charge is 0.384 e. The van der Waals surface area contributed by atoms with E-state index in [2.05, 4.69) is 0 Å². The second-order valence-electron chi connectivity index (χ2n) is 4.76. The quantitative estimate of drug-likeness (QED) is 0.673. The predicted molar refractivity (Wildman–Crippen MR) is 84.4 cm³/mol. The van der Waals surface area contributed by atoms with E-state index in [1.165, 1.54) is 18.2 Å². The van der Waals surface area contributed by atoms with Crippen molar-refractivity contribution >= 4 is 34.0 Å². The fraction of sp³-hybridized carbons (Fsp3) is 0.0588. The number of hydrogen-bond donors (Lipinski definition) is 1. The maximum Gasteiger partial charge on any atom is 0.141 e. The predicted octanol–water partition coefficient (Wildman–Crippen LogP) is 5.37. The molecule has 0 fully saturated rings. The van der Waals surface area contributed by atoms with Crippen molar-refractivity contribution in [2.45, 2.75) is 6.10 Å². The van der Waals surface area contributed by atoms with Gasteiger partial charge in [0.2, 0.25) is 0 Å². The van der Waals surface area contributed by atoms with Crippen molar-refractivity contribution in [3.63, 3.8) is 0 Å². The maximum absolute atomic E-state index is 13.2. The van der Waals surface area contributed by atoms with E-state index in [9.17, 15) is 9.50 Å². The summed E-state index contributed by atoms with van der Waals surface area (Å²) < 4.78 is 13.2. The normalized spacial score (nSPS) is 12.6. The van der Waals surface area contributed by atoms with Gasteiger partial charge in [0.1, 0.15) is 11.9 Å². The van der Waals surface area contributed by atoms with Crippen LogP contribution in [0.3, 0.4) is 0 Å². The van der Waals surface area contributed by atoms with Crippen molar-refractivity contribution in [1.29, 1.82) is 0 Å². The van der Waals surface area contributed by atoms with Gasteiger partial charge in [0.05, 0.1) is 5.02 Å². The highest BCUT2D eigenvalue weighted by molar-refractivity contribution is 6.35. The first-order valence-electron chi connectivity index (χ1n) is 6.38. The Bertz CT molecular complexity index is 817. The van der Waals surface area contributed by atoms with Gasteiger partial charge in [-0.15, -0.1) is 0 Å². The molecule has 1 unspecified atom stereocenters. The molecule has 0 spiro atoms. The number of aliphatic hydroxyl groups excluding tert-OH is 1. The van der Waals surface area contributed by atoms with Gasteiger partial charge in [0, 0.05) is 10.4 Å². The van der Waals surface area contributed by atoms with Crippen molar-refractivity contribution in [2.24, 2.45) is 0 Å². The minimum atomic E-state index is -0.898. The van der Waals surface area contributed by atoms with Crippen LogP contribution < -0.4 is 0 Å².